The van der Waals surface area contributed by atoms with Gasteiger partial charge in [-0.2, -0.15) is 10.5 Å². The first-order valence-corrected chi connectivity index (χ1v) is 6.02. The van der Waals surface area contributed by atoms with E-state index in [1.807, 2.05) is 6.07 Å². The molecule has 82 valence electrons. The summed E-state index contributed by atoms with van der Waals surface area (Å²) in [5, 5.41) is 17.7. The van der Waals surface area contributed by atoms with Gasteiger partial charge in [-0.15, -0.1) is 0 Å². The van der Waals surface area contributed by atoms with Gasteiger partial charge in [0.25, 0.3) is 0 Å². The van der Waals surface area contributed by atoms with E-state index >= 15 is 0 Å². The highest BCUT2D eigenvalue weighted by Crippen LogP contribution is 2.31. The molecule has 1 aromatic rings. The highest BCUT2D eigenvalue weighted by molar-refractivity contribution is 9.10. The summed E-state index contributed by atoms with van der Waals surface area (Å²) < 4.78 is 0.974. The third-order valence-electron chi connectivity index (χ3n) is 2.72. The summed E-state index contributed by atoms with van der Waals surface area (Å²) in [5.74, 6) is 0.389. The molecule has 0 spiro atoms. The highest BCUT2D eigenvalue weighted by Gasteiger charge is 2.13. The Hall–Kier alpha value is -1.32. The number of hydrogen-bond acceptors (Lipinski definition) is 2. The van der Waals surface area contributed by atoms with E-state index in [4.69, 9.17) is 10.5 Å². The van der Waals surface area contributed by atoms with Crippen molar-refractivity contribution in [2.75, 3.05) is 0 Å². The summed E-state index contributed by atoms with van der Waals surface area (Å²) in [4.78, 5) is 0. The Bertz CT molecular complexity index is 466. The number of nitrogens with zero attached hydrogens (tertiary/aromatic N) is 2. The molecule has 0 fully saturated rings. The standard InChI is InChI=1S/C13H13BrN2/c1-3-9(2)12-7-10(8-16)6-11(4-5-15)13(12)14/h6-7,9H,3-4H2,1-2H3. The lowest BCUT2D eigenvalue weighted by molar-refractivity contribution is 0.728. The molecule has 1 rings (SSSR count). The first-order chi connectivity index (χ1) is 7.63. The van der Waals surface area contributed by atoms with Gasteiger partial charge in [0.2, 0.25) is 0 Å². The number of halogens is 1. The van der Waals surface area contributed by atoms with E-state index in [1.54, 1.807) is 6.07 Å². The Labute approximate surface area is 105 Å². The summed E-state index contributed by atoms with van der Waals surface area (Å²) in [5.41, 5.74) is 2.65. The maximum Gasteiger partial charge on any atom is 0.0991 e. The van der Waals surface area contributed by atoms with Gasteiger partial charge < -0.3 is 0 Å². The van der Waals surface area contributed by atoms with E-state index in [9.17, 15) is 0 Å². The summed E-state index contributed by atoms with van der Waals surface area (Å²) >= 11 is 3.53. The third kappa shape index (κ3) is 2.62. The molecule has 0 N–H and O–H groups in total. The monoisotopic (exact) mass is 276 g/mol. The first kappa shape index (κ1) is 12.7. The van der Waals surface area contributed by atoms with E-state index in [1.165, 1.54) is 0 Å². The Balaban J connectivity index is 3.33. The minimum absolute atomic E-state index is 0.333. The molecule has 1 unspecified atom stereocenters. The predicted octanol–water partition coefficient (Wildman–Crippen LogP) is 3.90. The maximum absolute atomic E-state index is 8.95. The molecule has 0 heterocycles. The fraction of sp³-hybridized carbons (Fsp3) is 0.385. The molecule has 0 aliphatic heterocycles. The first-order valence-electron chi connectivity index (χ1n) is 5.23. The topological polar surface area (TPSA) is 47.6 Å². The smallest absolute Gasteiger partial charge is 0.0991 e. The van der Waals surface area contributed by atoms with Crippen LogP contribution in [0.5, 0.6) is 0 Å². The van der Waals surface area contributed by atoms with Crippen molar-refractivity contribution >= 4 is 15.9 Å². The molecule has 0 aliphatic carbocycles. The molecule has 1 aromatic carbocycles. The van der Waals surface area contributed by atoms with Crippen molar-refractivity contribution in [3.05, 3.63) is 33.3 Å². The molecule has 0 bridgehead atoms. The molecule has 0 saturated heterocycles. The molecule has 3 heteroatoms. The van der Waals surface area contributed by atoms with Gasteiger partial charge in [0.05, 0.1) is 24.1 Å². The van der Waals surface area contributed by atoms with E-state index in [0.717, 1.165) is 22.0 Å². The Morgan fingerprint density at radius 2 is 2.06 bits per heavy atom. The molecule has 1 atom stereocenters. The lowest BCUT2D eigenvalue weighted by atomic mass is 9.94. The Morgan fingerprint density at radius 3 is 2.56 bits per heavy atom. The van der Waals surface area contributed by atoms with Gasteiger partial charge in [0.1, 0.15) is 0 Å². The van der Waals surface area contributed by atoms with Crippen molar-refractivity contribution in [1.82, 2.24) is 0 Å². The van der Waals surface area contributed by atoms with Crippen LogP contribution in [0.1, 0.15) is 42.9 Å². The van der Waals surface area contributed by atoms with Gasteiger partial charge in [-0.3, -0.25) is 0 Å². The Morgan fingerprint density at radius 1 is 1.38 bits per heavy atom. The minimum atomic E-state index is 0.333. The van der Waals surface area contributed by atoms with Crippen LogP contribution in [0.2, 0.25) is 0 Å². The SMILES string of the molecule is CCC(C)c1cc(C#N)cc(CC#N)c1Br. The van der Waals surface area contributed by atoms with Crippen LogP contribution in [0.15, 0.2) is 16.6 Å². The molecule has 0 amide bonds. The molecular weight excluding hydrogens is 264 g/mol. The highest BCUT2D eigenvalue weighted by atomic mass is 79.9. The number of hydrogen-bond donors (Lipinski definition) is 0. The zero-order chi connectivity index (χ0) is 12.1. The van der Waals surface area contributed by atoms with E-state index < -0.39 is 0 Å². The van der Waals surface area contributed by atoms with Gasteiger partial charge in [-0.05, 0) is 35.6 Å². The van der Waals surface area contributed by atoms with Crippen molar-refractivity contribution in [2.24, 2.45) is 0 Å². The molecule has 0 aromatic heterocycles. The predicted molar refractivity (Wildman–Crippen MR) is 66.9 cm³/mol. The maximum atomic E-state index is 8.95. The second-order valence-electron chi connectivity index (χ2n) is 3.79. The number of rotatable bonds is 3. The fourth-order valence-electron chi connectivity index (χ4n) is 1.57. The molecule has 2 nitrogen and oxygen atoms in total. The van der Waals surface area contributed by atoms with Gasteiger partial charge in [-0.1, -0.05) is 29.8 Å². The van der Waals surface area contributed by atoms with Crippen LogP contribution < -0.4 is 0 Å². The van der Waals surface area contributed by atoms with Gasteiger partial charge in [-0.25, -0.2) is 0 Å². The minimum Gasteiger partial charge on any atom is -0.198 e. The van der Waals surface area contributed by atoms with E-state index in [2.05, 4.69) is 41.9 Å². The zero-order valence-electron chi connectivity index (χ0n) is 9.42. The second-order valence-corrected chi connectivity index (χ2v) is 4.59. The molecule has 0 aliphatic rings. The van der Waals surface area contributed by atoms with Gasteiger partial charge >= 0.3 is 0 Å². The lowest BCUT2D eigenvalue weighted by Gasteiger charge is -2.14. The normalized spacial score (nSPS) is 11.6. The molecule has 16 heavy (non-hydrogen) atoms. The number of benzene rings is 1. The summed E-state index contributed by atoms with van der Waals surface area (Å²) in [6.45, 7) is 4.23. The van der Waals surface area contributed by atoms with Crippen molar-refractivity contribution in [2.45, 2.75) is 32.6 Å². The van der Waals surface area contributed by atoms with Crippen LogP contribution in [0, 0.1) is 22.7 Å². The van der Waals surface area contributed by atoms with Crippen molar-refractivity contribution in [3.63, 3.8) is 0 Å². The van der Waals surface area contributed by atoms with Crippen molar-refractivity contribution in [1.29, 1.82) is 10.5 Å². The summed E-state index contributed by atoms with van der Waals surface area (Å²) in [7, 11) is 0. The van der Waals surface area contributed by atoms with Crippen LogP contribution in [0.25, 0.3) is 0 Å². The van der Waals surface area contributed by atoms with Crippen LogP contribution in [-0.2, 0) is 6.42 Å². The van der Waals surface area contributed by atoms with Crippen LogP contribution >= 0.6 is 15.9 Å². The van der Waals surface area contributed by atoms with E-state index in [0.29, 0.717) is 17.9 Å². The van der Waals surface area contributed by atoms with Crippen molar-refractivity contribution in [3.8, 4) is 12.1 Å². The third-order valence-corrected chi connectivity index (χ3v) is 3.69. The second kappa shape index (κ2) is 5.68. The lowest BCUT2D eigenvalue weighted by Crippen LogP contribution is -1.98. The number of nitriles is 2. The molecule has 0 radical (unpaired) electrons. The largest absolute Gasteiger partial charge is 0.198 e. The Kier molecular flexibility index (Phi) is 4.52. The molecular formula is C13H13BrN2. The zero-order valence-corrected chi connectivity index (χ0v) is 11.0. The molecule has 0 saturated carbocycles. The average molecular weight is 277 g/mol. The average Bonchev–Trinajstić information content (AvgIpc) is 2.31. The fourth-order valence-corrected chi connectivity index (χ4v) is 2.33. The quantitative estimate of drug-likeness (QED) is 0.841. The van der Waals surface area contributed by atoms with Gasteiger partial charge in [0, 0.05) is 4.47 Å². The van der Waals surface area contributed by atoms with Crippen LogP contribution in [0.3, 0.4) is 0 Å². The van der Waals surface area contributed by atoms with Crippen LogP contribution in [-0.4, -0.2) is 0 Å². The van der Waals surface area contributed by atoms with Crippen LogP contribution in [0.4, 0.5) is 0 Å². The summed E-state index contributed by atoms with van der Waals surface area (Å²) in [6, 6.07) is 7.94. The van der Waals surface area contributed by atoms with Gasteiger partial charge in [0.15, 0.2) is 0 Å². The van der Waals surface area contributed by atoms with Crippen molar-refractivity contribution < 1.29 is 0 Å². The van der Waals surface area contributed by atoms with E-state index in [-0.39, 0.29) is 0 Å². The summed E-state index contributed by atoms with van der Waals surface area (Å²) in [6.07, 6.45) is 1.35.